The number of likely N-dealkylation sites (N-methyl/N-ethyl adjacent to an activating group) is 1. The number of hydrogen-bond acceptors (Lipinski definition) is 3. The predicted molar refractivity (Wildman–Crippen MR) is 59.8 cm³/mol. The molecule has 4 heteroatoms. The lowest BCUT2D eigenvalue weighted by molar-refractivity contribution is -0.120. The summed E-state index contributed by atoms with van der Waals surface area (Å²) in [6.45, 7) is 3.71. The van der Waals surface area contributed by atoms with Crippen LogP contribution in [0.4, 0.5) is 0 Å². The first-order valence-electron chi connectivity index (χ1n) is 5.45. The van der Waals surface area contributed by atoms with E-state index in [4.69, 9.17) is 9.47 Å². The Bertz CT molecular complexity index is 390. The van der Waals surface area contributed by atoms with E-state index in [9.17, 15) is 4.79 Å². The van der Waals surface area contributed by atoms with Gasteiger partial charge in [-0.1, -0.05) is 6.07 Å². The number of hydrogen-bond donors (Lipinski definition) is 1. The smallest absolute Gasteiger partial charge is 0.224 e. The van der Waals surface area contributed by atoms with E-state index in [1.165, 1.54) is 0 Å². The summed E-state index contributed by atoms with van der Waals surface area (Å²) in [6.07, 6.45) is 0.379. The van der Waals surface area contributed by atoms with Gasteiger partial charge in [0.15, 0.2) is 11.5 Å². The van der Waals surface area contributed by atoms with Crippen molar-refractivity contribution in [1.29, 1.82) is 0 Å². The van der Waals surface area contributed by atoms with E-state index < -0.39 is 0 Å². The number of carbonyl (C=O) groups is 1. The first-order valence-corrected chi connectivity index (χ1v) is 5.45. The maximum Gasteiger partial charge on any atom is 0.224 e. The first kappa shape index (κ1) is 10.8. The van der Waals surface area contributed by atoms with Crippen molar-refractivity contribution < 1.29 is 14.3 Å². The molecular formula is C12H15NO3. The summed E-state index contributed by atoms with van der Waals surface area (Å²) in [4.78, 5) is 11.4. The summed E-state index contributed by atoms with van der Waals surface area (Å²) in [5.41, 5.74) is 0.940. The van der Waals surface area contributed by atoms with E-state index in [2.05, 4.69) is 5.32 Å². The highest BCUT2D eigenvalue weighted by atomic mass is 16.6. The Hall–Kier alpha value is -1.71. The molecule has 4 nitrogen and oxygen atoms in total. The Kier molecular flexibility index (Phi) is 3.29. The number of amides is 1. The van der Waals surface area contributed by atoms with Gasteiger partial charge in [0, 0.05) is 6.54 Å². The van der Waals surface area contributed by atoms with E-state index in [-0.39, 0.29) is 5.91 Å². The van der Waals surface area contributed by atoms with Crippen LogP contribution in [0.15, 0.2) is 18.2 Å². The number of benzene rings is 1. The lowest BCUT2D eigenvalue weighted by atomic mass is 10.1. The fraction of sp³-hybridized carbons (Fsp3) is 0.417. The fourth-order valence-electron chi connectivity index (χ4n) is 1.64. The molecule has 1 amide bonds. The number of rotatable bonds is 3. The Morgan fingerprint density at radius 2 is 2.06 bits per heavy atom. The molecule has 1 aliphatic heterocycles. The third-order valence-corrected chi connectivity index (χ3v) is 2.35. The average molecular weight is 221 g/mol. The molecule has 0 radical (unpaired) electrons. The lowest BCUT2D eigenvalue weighted by Crippen LogP contribution is -2.24. The minimum absolute atomic E-state index is 0.0270. The van der Waals surface area contributed by atoms with E-state index in [0.29, 0.717) is 26.2 Å². The quantitative estimate of drug-likeness (QED) is 0.832. The monoisotopic (exact) mass is 221 g/mol. The zero-order valence-electron chi connectivity index (χ0n) is 9.29. The molecule has 1 aliphatic rings. The minimum atomic E-state index is 0.0270. The second-order valence-electron chi connectivity index (χ2n) is 3.61. The molecule has 0 saturated carbocycles. The molecule has 0 fully saturated rings. The summed E-state index contributed by atoms with van der Waals surface area (Å²) in [5, 5.41) is 2.76. The molecule has 0 bridgehead atoms. The molecule has 0 atom stereocenters. The Morgan fingerprint density at radius 1 is 1.31 bits per heavy atom. The van der Waals surface area contributed by atoms with Crippen molar-refractivity contribution >= 4 is 5.91 Å². The van der Waals surface area contributed by atoms with Gasteiger partial charge in [0.25, 0.3) is 0 Å². The third kappa shape index (κ3) is 2.45. The Balaban J connectivity index is 2.08. The van der Waals surface area contributed by atoms with Crippen molar-refractivity contribution in [2.24, 2.45) is 0 Å². The second kappa shape index (κ2) is 4.88. The van der Waals surface area contributed by atoms with Gasteiger partial charge in [0.1, 0.15) is 13.2 Å². The molecule has 1 aromatic carbocycles. The molecule has 0 spiro atoms. The summed E-state index contributed by atoms with van der Waals surface area (Å²) < 4.78 is 10.9. The zero-order chi connectivity index (χ0) is 11.4. The summed E-state index contributed by atoms with van der Waals surface area (Å²) >= 11 is 0. The van der Waals surface area contributed by atoms with Crippen LogP contribution in [-0.4, -0.2) is 25.7 Å². The SMILES string of the molecule is CCNC(=O)Cc1ccc2c(c1)OCCO2. The average Bonchev–Trinajstić information content (AvgIpc) is 2.29. The maximum atomic E-state index is 11.4. The normalized spacial score (nSPS) is 13.3. The molecule has 0 aromatic heterocycles. The summed E-state index contributed by atoms with van der Waals surface area (Å²) in [5.74, 6) is 1.51. The van der Waals surface area contributed by atoms with Gasteiger partial charge in [-0.25, -0.2) is 0 Å². The van der Waals surface area contributed by atoms with Crippen LogP contribution in [0.3, 0.4) is 0 Å². The summed E-state index contributed by atoms with van der Waals surface area (Å²) in [7, 11) is 0. The Labute approximate surface area is 94.6 Å². The molecule has 0 unspecified atom stereocenters. The van der Waals surface area contributed by atoms with Gasteiger partial charge in [-0.15, -0.1) is 0 Å². The molecule has 0 aliphatic carbocycles. The van der Waals surface area contributed by atoms with Crippen molar-refractivity contribution in [3.8, 4) is 11.5 Å². The van der Waals surface area contributed by atoms with E-state index in [0.717, 1.165) is 17.1 Å². The molecule has 1 aromatic rings. The highest BCUT2D eigenvalue weighted by molar-refractivity contribution is 5.78. The fourth-order valence-corrected chi connectivity index (χ4v) is 1.64. The summed E-state index contributed by atoms with van der Waals surface area (Å²) in [6, 6.07) is 5.61. The highest BCUT2D eigenvalue weighted by Crippen LogP contribution is 2.30. The van der Waals surface area contributed by atoms with Crippen molar-refractivity contribution in [1.82, 2.24) is 5.32 Å². The lowest BCUT2D eigenvalue weighted by Gasteiger charge is -2.18. The van der Waals surface area contributed by atoms with Gasteiger partial charge in [-0.05, 0) is 24.6 Å². The van der Waals surface area contributed by atoms with E-state index >= 15 is 0 Å². The highest BCUT2D eigenvalue weighted by Gasteiger charge is 2.12. The first-order chi connectivity index (χ1) is 7.79. The van der Waals surface area contributed by atoms with Crippen LogP contribution in [-0.2, 0) is 11.2 Å². The number of ether oxygens (including phenoxy) is 2. The van der Waals surface area contributed by atoms with Crippen LogP contribution in [0.5, 0.6) is 11.5 Å². The van der Waals surface area contributed by atoms with Gasteiger partial charge in [0.2, 0.25) is 5.91 Å². The van der Waals surface area contributed by atoms with Crippen molar-refractivity contribution in [2.75, 3.05) is 19.8 Å². The van der Waals surface area contributed by atoms with Gasteiger partial charge >= 0.3 is 0 Å². The predicted octanol–water partition coefficient (Wildman–Crippen LogP) is 1.14. The van der Waals surface area contributed by atoms with Crippen LogP contribution < -0.4 is 14.8 Å². The number of nitrogens with one attached hydrogen (secondary N) is 1. The van der Waals surface area contributed by atoms with E-state index in [1.54, 1.807) is 0 Å². The second-order valence-corrected chi connectivity index (χ2v) is 3.61. The third-order valence-electron chi connectivity index (χ3n) is 2.35. The van der Waals surface area contributed by atoms with Crippen LogP contribution in [0.25, 0.3) is 0 Å². The van der Waals surface area contributed by atoms with Crippen molar-refractivity contribution in [3.63, 3.8) is 0 Å². The molecule has 2 rings (SSSR count). The van der Waals surface area contributed by atoms with Crippen LogP contribution in [0.1, 0.15) is 12.5 Å². The molecule has 1 N–H and O–H groups in total. The Morgan fingerprint density at radius 3 is 2.81 bits per heavy atom. The van der Waals surface area contributed by atoms with Crippen LogP contribution in [0, 0.1) is 0 Å². The van der Waals surface area contributed by atoms with Crippen molar-refractivity contribution in [2.45, 2.75) is 13.3 Å². The largest absolute Gasteiger partial charge is 0.486 e. The van der Waals surface area contributed by atoms with E-state index in [1.807, 2.05) is 25.1 Å². The van der Waals surface area contributed by atoms with Crippen LogP contribution >= 0.6 is 0 Å². The number of carbonyl (C=O) groups excluding carboxylic acids is 1. The topological polar surface area (TPSA) is 47.6 Å². The van der Waals surface area contributed by atoms with Crippen LogP contribution in [0.2, 0.25) is 0 Å². The molecule has 16 heavy (non-hydrogen) atoms. The zero-order valence-corrected chi connectivity index (χ0v) is 9.29. The number of fused-ring (bicyclic) bond motifs is 1. The van der Waals surface area contributed by atoms with Gasteiger partial charge in [0.05, 0.1) is 6.42 Å². The standard InChI is InChI=1S/C12H15NO3/c1-2-13-12(14)8-9-3-4-10-11(7-9)16-6-5-15-10/h3-4,7H,2,5-6,8H2,1H3,(H,13,14). The molecule has 1 heterocycles. The minimum Gasteiger partial charge on any atom is -0.486 e. The maximum absolute atomic E-state index is 11.4. The molecule has 86 valence electrons. The van der Waals surface area contributed by atoms with Gasteiger partial charge in [-0.3, -0.25) is 4.79 Å². The molecule has 0 saturated heterocycles. The van der Waals surface area contributed by atoms with Crippen molar-refractivity contribution in [3.05, 3.63) is 23.8 Å². The van der Waals surface area contributed by atoms with Gasteiger partial charge < -0.3 is 14.8 Å². The molecular weight excluding hydrogens is 206 g/mol. The van der Waals surface area contributed by atoms with Gasteiger partial charge in [-0.2, -0.15) is 0 Å².